The van der Waals surface area contributed by atoms with Crippen molar-refractivity contribution in [2.24, 2.45) is 0 Å². The summed E-state index contributed by atoms with van der Waals surface area (Å²) in [6, 6.07) is 3.38. The Labute approximate surface area is 160 Å². The topological polar surface area (TPSA) is 82.6 Å². The Balaban J connectivity index is 1.36. The highest BCUT2D eigenvalue weighted by Gasteiger charge is 2.32. The van der Waals surface area contributed by atoms with E-state index in [-0.39, 0.29) is 12.5 Å². The van der Waals surface area contributed by atoms with Gasteiger partial charge < -0.3 is 14.6 Å². The Morgan fingerprint density at radius 1 is 0.852 bits per heavy atom. The minimum atomic E-state index is -3.37. The highest BCUT2D eigenvalue weighted by molar-refractivity contribution is 7.86. The summed E-state index contributed by atoms with van der Waals surface area (Å²) in [6.45, 7) is 4.22. The molecular formula is C18H27N3O5S. The van der Waals surface area contributed by atoms with Gasteiger partial charge in [-0.1, -0.05) is 12.8 Å². The molecule has 0 unspecified atom stereocenters. The third kappa shape index (κ3) is 4.01. The molecule has 0 spiro atoms. The van der Waals surface area contributed by atoms with Gasteiger partial charge in [0.1, 0.15) is 5.75 Å². The average Bonchev–Trinajstić information content (AvgIpc) is 2.92. The van der Waals surface area contributed by atoms with Crippen molar-refractivity contribution in [1.29, 1.82) is 0 Å². The number of rotatable bonds is 4. The van der Waals surface area contributed by atoms with E-state index in [0.29, 0.717) is 57.3 Å². The van der Waals surface area contributed by atoms with Gasteiger partial charge >= 0.3 is 0 Å². The Morgan fingerprint density at radius 2 is 1.44 bits per heavy atom. The lowest BCUT2D eigenvalue weighted by Crippen LogP contribution is -2.52. The molecule has 2 fully saturated rings. The lowest BCUT2D eigenvalue weighted by molar-refractivity contribution is 0.172. The van der Waals surface area contributed by atoms with E-state index in [1.165, 1.54) is 0 Å². The van der Waals surface area contributed by atoms with E-state index in [0.717, 1.165) is 31.2 Å². The van der Waals surface area contributed by atoms with Crippen LogP contribution in [0.1, 0.15) is 31.2 Å². The molecule has 0 saturated carbocycles. The third-order valence-electron chi connectivity index (χ3n) is 5.52. The Kier molecular flexibility index (Phi) is 5.45. The molecule has 4 rings (SSSR count). The number of hydrogen-bond acceptors (Lipinski definition) is 6. The maximum absolute atomic E-state index is 12.9. The lowest BCUT2D eigenvalue weighted by Gasteiger charge is -2.36. The van der Waals surface area contributed by atoms with Gasteiger partial charge in [0.25, 0.3) is 10.2 Å². The first-order valence-electron chi connectivity index (χ1n) is 9.63. The van der Waals surface area contributed by atoms with E-state index >= 15 is 0 Å². The molecule has 2 saturated heterocycles. The van der Waals surface area contributed by atoms with Crippen molar-refractivity contribution in [1.82, 2.24) is 13.5 Å². The quantitative estimate of drug-likeness (QED) is 0.826. The molecule has 8 nitrogen and oxygen atoms in total. The zero-order chi connectivity index (χ0) is 18.9. The van der Waals surface area contributed by atoms with E-state index in [1.54, 1.807) is 20.7 Å². The van der Waals surface area contributed by atoms with Crippen molar-refractivity contribution in [3.63, 3.8) is 0 Å². The van der Waals surface area contributed by atoms with Crippen molar-refractivity contribution in [3.05, 3.63) is 17.7 Å². The molecule has 0 bridgehead atoms. The van der Waals surface area contributed by atoms with Crippen LogP contribution in [-0.4, -0.2) is 73.1 Å². The summed E-state index contributed by atoms with van der Waals surface area (Å²) in [5, 5.41) is 10.2. The van der Waals surface area contributed by atoms with Crippen molar-refractivity contribution in [2.75, 3.05) is 46.1 Å². The van der Waals surface area contributed by atoms with Crippen LogP contribution in [0.15, 0.2) is 12.1 Å². The van der Waals surface area contributed by atoms with Crippen molar-refractivity contribution in [2.45, 2.75) is 32.2 Å². The van der Waals surface area contributed by atoms with Gasteiger partial charge in [0.15, 0.2) is 11.5 Å². The van der Waals surface area contributed by atoms with Crippen LogP contribution in [0.4, 0.5) is 0 Å². The van der Waals surface area contributed by atoms with E-state index < -0.39 is 10.2 Å². The second-order valence-electron chi connectivity index (χ2n) is 7.33. The number of hydrogen-bond donors (Lipinski definition) is 1. The van der Waals surface area contributed by atoms with Crippen molar-refractivity contribution < 1.29 is 23.0 Å². The highest BCUT2D eigenvalue weighted by atomic mass is 32.2. The number of phenols is 1. The predicted octanol–water partition coefficient (Wildman–Crippen LogP) is 1.36. The van der Waals surface area contributed by atoms with Crippen LogP contribution in [0.3, 0.4) is 0 Å². The van der Waals surface area contributed by atoms with Crippen LogP contribution in [0.2, 0.25) is 0 Å². The SMILES string of the molecule is O=S(=O)(N1CCCCCC1)N1CCN(Cc2cc3c(cc2O)OCO3)CC1. The van der Waals surface area contributed by atoms with E-state index in [2.05, 4.69) is 4.90 Å². The fourth-order valence-corrected chi connectivity index (χ4v) is 5.57. The first kappa shape index (κ1) is 18.8. The molecule has 150 valence electrons. The summed E-state index contributed by atoms with van der Waals surface area (Å²) in [5.41, 5.74) is 0.767. The summed E-state index contributed by atoms with van der Waals surface area (Å²) < 4.78 is 39.7. The summed E-state index contributed by atoms with van der Waals surface area (Å²) >= 11 is 0. The minimum absolute atomic E-state index is 0.172. The summed E-state index contributed by atoms with van der Waals surface area (Å²) in [4.78, 5) is 2.16. The maximum Gasteiger partial charge on any atom is 0.282 e. The molecule has 0 aromatic heterocycles. The molecular weight excluding hydrogens is 370 g/mol. The van der Waals surface area contributed by atoms with Gasteiger partial charge in [-0.15, -0.1) is 0 Å². The van der Waals surface area contributed by atoms with Crippen LogP contribution < -0.4 is 9.47 Å². The maximum atomic E-state index is 12.9. The van der Waals surface area contributed by atoms with Gasteiger partial charge in [-0.25, -0.2) is 0 Å². The number of piperazine rings is 1. The van der Waals surface area contributed by atoms with E-state index in [4.69, 9.17) is 9.47 Å². The summed E-state index contributed by atoms with van der Waals surface area (Å²) in [7, 11) is -3.37. The Bertz CT molecular complexity index is 769. The lowest BCUT2D eigenvalue weighted by atomic mass is 10.1. The second-order valence-corrected chi connectivity index (χ2v) is 9.26. The molecule has 1 aromatic carbocycles. The fourth-order valence-electron chi connectivity index (χ4n) is 3.89. The number of phenolic OH excluding ortho intramolecular Hbond substituents is 1. The molecule has 0 atom stereocenters. The standard InChI is InChI=1S/C18H27N3O5S/c22-16-12-18-17(25-14-26-18)11-15(16)13-19-7-9-21(10-8-19)27(23,24)20-5-3-1-2-4-6-20/h11-12,22H,1-10,13-14H2. The van der Waals surface area contributed by atoms with Gasteiger partial charge in [-0.05, 0) is 18.9 Å². The zero-order valence-corrected chi connectivity index (χ0v) is 16.3. The first-order valence-corrected chi connectivity index (χ1v) is 11.0. The average molecular weight is 397 g/mol. The monoisotopic (exact) mass is 397 g/mol. The van der Waals surface area contributed by atoms with Gasteiger partial charge in [0.2, 0.25) is 6.79 Å². The second kappa shape index (κ2) is 7.83. The number of ether oxygens (including phenoxy) is 2. The van der Waals surface area contributed by atoms with Crippen LogP contribution in [0.25, 0.3) is 0 Å². The normalized spacial score (nSPS) is 22.7. The van der Waals surface area contributed by atoms with Crippen LogP contribution in [-0.2, 0) is 16.8 Å². The van der Waals surface area contributed by atoms with E-state index in [9.17, 15) is 13.5 Å². The number of nitrogens with zero attached hydrogens (tertiary/aromatic N) is 3. The zero-order valence-electron chi connectivity index (χ0n) is 15.5. The molecule has 0 radical (unpaired) electrons. The van der Waals surface area contributed by atoms with Gasteiger partial charge in [-0.3, -0.25) is 4.90 Å². The van der Waals surface area contributed by atoms with Gasteiger partial charge in [-0.2, -0.15) is 17.0 Å². The number of benzene rings is 1. The minimum Gasteiger partial charge on any atom is -0.507 e. The Morgan fingerprint density at radius 3 is 2.11 bits per heavy atom. The Hall–Kier alpha value is -1.55. The van der Waals surface area contributed by atoms with Crippen molar-refractivity contribution >= 4 is 10.2 Å². The molecule has 9 heteroatoms. The van der Waals surface area contributed by atoms with Gasteiger partial charge in [0.05, 0.1) is 0 Å². The fraction of sp³-hybridized carbons (Fsp3) is 0.667. The molecule has 1 N–H and O–H groups in total. The molecule has 0 amide bonds. The van der Waals surface area contributed by atoms with Crippen LogP contribution in [0, 0.1) is 0 Å². The van der Waals surface area contributed by atoms with Crippen molar-refractivity contribution in [3.8, 4) is 17.2 Å². The number of aromatic hydroxyl groups is 1. The molecule has 0 aliphatic carbocycles. The third-order valence-corrected chi connectivity index (χ3v) is 7.55. The van der Waals surface area contributed by atoms with Crippen LogP contribution >= 0.6 is 0 Å². The highest BCUT2D eigenvalue weighted by Crippen LogP contribution is 2.38. The molecule has 27 heavy (non-hydrogen) atoms. The van der Waals surface area contributed by atoms with Gasteiger partial charge in [0, 0.05) is 57.4 Å². The molecule has 3 aliphatic rings. The first-order chi connectivity index (χ1) is 13.0. The smallest absolute Gasteiger partial charge is 0.282 e. The molecule has 3 aliphatic heterocycles. The summed E-state index contributed by atoms with van der Waals surface area (Å²) in [5.74, 6) is 1.38. The summed E-state index contributed by atoms with van der Waals surface area (Å²) in [6.07, 6.45) is 4.11. The van der Waals surface area contributed by atoms with E-state index in [1.807, 2.05) is 0 Å². The largest absolute Gasteiger partial charge is 0.507 e. The molecule has 1 aromatic rings. The predicted molar refractivity (Wildman–Crippen MR) is 100 cm³/mol. The van der Waals surface area contributed by atoms with Crippen LogP contribution in [0.5, 0.6) is 17.2 Å². The molecule has 3 heterocycles. The number of fused-ring (bicyclic) bond motifs is 1.